The number of hydrogen-bond acceptors (Lipinski definition) is 7. The van der Waals surface area contributed by atoms with Gasteiger partial charge in [0.25, 0.3) is 0 Å². The Bertz CT molecular complexity index is 1360. The summed E-state index contributed by atoms with van der Waals surface area (Å²) in [4.78, 5) is 26.2. The largest absolute Gasteiger partial charge is 0.506 e. The van der Waals surface area contributed by atoms with Crippen molar-refractivity contribution in [3.05, 3.63) is 89.7 Å². The Balaban J connectivity index is 0.000000221. The molecule has 0 radical (unpaired) electrons. The molecule has 4 aromatic rings. The number of aromatic nitrogens is 1. The lowest BCUT2D eigenvalue weighted by molar-refractivity contribution is 0.0694. The first-order valence-electron chi connectivity index (χ1n) is 10.9. The lowest BCUT2D eigenvalue weighted by atomic mass is 10.1. The van der Waals surface area contributed by atoms with Crippen LogP contribution in [-0.2, 0) is 11.3 Å². The number of nitrogen functional groups attached to an aromatic ring is 1. The summed E-state index contributed by atoms with van der Waals surface area (Å²) in [6, 6.07) is 19.7. The number of aromatic hydroxyl groups is 1. The number of phenols is 1. The molecule has 10 heteroatoms. The summed E-state index contributed by atoms with van der Waals surface area (Å²) in [5.41, 5.74) is 7.01. The normalized spacial score (nSPS) is 10.2. The molecular weight excluding hydrogens is 467 g/mol. The van der Waals surface area contributed by atoms with Crippen LogP contribution >= 0.6 is 0 Å². The molecule has 0 aliphatic heterocycles. The highest BCUT2D eigenvalue weighted by Gasteiger charge is 2.11. The number of amides is 1. The number of anilines is 3. The first-order valence-corrected chi connectivity index (χ1v) is 10.9. The summed E-state index contributed by atoms with van der Waals surface area (Å²) >= 11 is 0. The third-order valence-electron chi connectivity index (χ3n) is 4.95. The van der Waals surface area contributed by atoms with E-state index in [4.69, 9.17) is 15.6 Å². The van der Waals surface area contributed by atoms with Gasteiger partial charge in [-0.2, -0.15) is 0 Å². The average molecular weight is 493 g/mol. The van der Waals surface area contributed by atoms with E-state index in [0.29, 0.717) is 23.4 Å². The maximum absolute atomic E-state index is 12.8. The SMILES string of the molecule is CCOC(=O)Nc1ccc(NCc2ccc(F)cc2)nc1N.O=C(O)c1ccc2ccccc2c1O. The minimum Gasteiger partial charge on any atom is -0.506 e. The Hall–Kier alpha value is -4.86. The van der Waals surface area contributed by atoms with Gasteiger partial charge in [0.05, 0.1) is 12.3 Å². The zero-order chi connectivity index (χ0) is 26.1. The van der Waals surface area contributed by atoms with E-state index in [1.165, 1.54) is 18.2 Å². The van der Waals surface area contributed by atoms with Crippen molar-refractivity contribution in [3.8, 4) is 5.75 Å². The number of halogens is 1. The van der Waals surface area contributed by atoms with E-state index in [-0.39, 0.29) is 29.6 Å². The summed E-state index contributed by atoms with van der Waals surface area (Å²) in [6.07, 6.45) is -0.581. The molecule has 0 atom stereocenters. The van der Waals surface area contributed by atoms with Crippen molar-refractivity contribution >= 4 is 40.2 Å². The molecule has 0 bridgehead atoms. The van der Waals surface area contributed by atoms with Gasteiger partial charge < -0.3 is 26.0 Å². The Morgan fingerprint density at radius 1 is 1.03 bits per heavy atom. The van der Waals surface area contributed by atoms with E-state index in [9.17, 15) is 19.1 Å². The Labute approximate surface area is 206 Å². The van der Waals surface area contributed by atoms with E-state index in [2.05, 4.69) is 15.6 Å². The third-order valence-corrected chi connectivity index (χ3v) is 4.95. The van der Waals surface area contributed by atoms with Crippen molar-refractivity contribution in [1.29, 1.82) is 0 Å². The molecule has 0 saturated carbocycles. The van der Waals surface area contributed by atoms with Crippen molar-refractivity contribution < 1.29 is 28.9 Å². The molecule has 1 heterocycles. The predicted molar refractivity (Wildman–Crippen MR) is 136 cm³/mol. The van der Waals surface area contributed by atoms with Crippen LogP contribution < -0.4 is 16.4 Å². The van der Waals surface area contributed by atoms with Gasteiger partial charge in [-0.15, -0.1) is 0 Å². The number of carboxylic acid groups (broad SMARTS) is 1. The van der Waals surface area contributed by atoms with Gasteiger partial charge in [-0.3, -0.25) is 5.32 Å². The number of nitrogens with two attached hydrogens (primary N) is 1. The standard InChI is InChI=1S/C15H17FN4O2.C11H8O3/c1-2-22-15(21)19-12-7-8-13(20-14(12)17)18-9-10-3-5-11(16)6-4-10;12-10-8-4-2-1-3-7(8)5-6-9(10)11(13)14/h3-8H,2,9H2,1H3,(H,19,21)(H3,17,18,20);1-6,12H,(H,13,14). The number of rotatable bonds is 6. The molecule has 36 heavy (non-hydrogen) atoms. The van der Waals surface area contributed by atoms with Crippen LogP contribution in [0, 0.1) is 5.82 Å². The summed E-state index contributed by atoms with van der Waals surface area (Å²) in [7, 11) is 0. The van der Waals surface area contributed by atoms with E-state index >= 15 is 0 Å². The van der Waals surface area contributed by atoms with Crippen LogP contribution in [0.1, 0.15) is 22.8 Å². The molecule has 9 nitrogen and oxygen atoms in total. The number of aromatic carboxylic acids is 1. The van der Waals surface area contributed by atoms with Gasteiger partial charge in [0, 0.05) is 11.9 Å². The summed E-state index contributed by atoms with van der Waals surface area (Å²) in [6.45, 7) is 2.47. The minimum atomic E-state index is -1.12. The number of pyridine rings is 1. The van der Waals surface area contributed by atoms with Gasteiger partial charge in [0.15, 0.2) is 0 Å². The number of benzene rings is 3. The number of fused-ring (bicyclic) bond motifs is 1. The number of nitrogens with one attached hydrogen (secondary N) is 2. The molecule has 186 valence electrons. The fourth-order valence-electron chi connectivity index (χ4n) is 3.18. The average Bonchev–Trinajstić information content (AvgIpc) is 2.86. The van der Waals surface area contributed by atoms with Gasteiger partial charge >= 0.3 is 12.1 Å². The van der Waals surface area contributed by atoms with E-state index in [1.807, 2.05) is 12.1 Å². The number of ether oxygens (including phenoxy) is 1. The predicted octanol–water partition coefficient (Wildman–Crippen LogP) is 5.23. The van der Waals surface area contributed by atoms with E-state index < -0.39 is 12.1 Å². The number of hydrogen-bond donors (Lipinski definition) is 5. The van der Waals surface area contributed by atoms with Crippen LogP contribution in [-0.4, -0.2) is 33.9 Å². The summed E-state index contributed by atoms with van der Waals surface area (Å²) in [5, 5.41) is 25.4. The lowest BCUT2D eigenvalue weighted by Crippen LogP contribution is -2.15. The van der Waals surface area contributed by atoms with Gasteiger partial charge in [0.2, 0.25) is 0 Å². The molecule has 0 unspecified atom stereocenters. The highest BCUT2D eigenvalue weighted by atomic mass is 19.1. The molecule has 1 aromatic heterocycles. The number of carboxylic acids is 1. The quantitative estimate of drug-likeness (QED) is 0.246. The first-order chi connectivity index (χ1) is 17.3. The van der Waals surface area contributed by atoms with Gasteiger partial charge in [-0.25, -0.2) is 19.0 Å². The smallest absolute Gasteiger partial charge is 0.411 e. The monoisotopic (exact) mass is 492 g/mol. The maximum Gasteiger partial charge on any atom is 0.411 e. The van der Waals surface area contributed by atoms with Crippen LogP contribution in [0.25, 0.3) is 10.8 Å². The van der Waals surface area contributed by atoms with Crippen molar-refractivity contribution in [2.75, 3.05) is 23.0 Å². The van der Waals surface area contributed by atoms with Crippen LogP contribution in [0.3, 0.4) is 0 Å². The van der Waals surface area contributed by atoms with Crippen molar-refractivity contribution in [1.82, 2.24) is 4.98 Å². The molecule has 0 saturated heterocycles. The fourth-order valence-corrected chi connectivity index (χ4v) is 3.18. The zero-order valence-electron chi connectivity index (χ0n) is 19.4. The highest BCUT2D eigenvalue weighted by Crippen LogP contribution is 2.28. The van der Waals surface area contributed by atoms with Crippen LogP contribution in [0.2, 0.25) is 0 Å². The molecule has 0 fully saturated rings. The van der Waals surface area contributed by atoms with Crippen LogP contribution in [0.5, 0.6) is 5.75 Å². The van der Waals surface area contributed by atoms with Gasteiger partial charge in [0.1, 0.15) is 28.8 Å². The van der Waals surface area contributed by atoms with E-state index in [1.54, 1.807) is 49.4 Å². The molecule has 1 amide bonds. The lowest BCUT2D eigenvalue weighted by Gasteiger charge is -2.10. The number of carbonyl (C=O) groups excluding carboxylic acids is 1. The molecule has 6 N–H and O–H groups in total. The van der Waals surface area contributed by atoms with Crippen molar-refractivity contribution in [3.63, 3.8) is 0 Å². The topological polar surface area (TPSA) is 147 Å². The Morgan fingerprint density at radius 2 is 1.75 bits per heavy atom. The van der Waals surface area contributed by atoms with Gasteiger partial charge in [-0.1, -0.05) is 42.5 Å². The van der Waals surface area contributed by atoms with E-state index in [0.717, 1.165) is 10.9 Å². The highest BCUT2D eigenvalue weighted by molar-refractivity contribution is 6.00. The molecule has 0 aliphatic carbocycles. The van der Waals surface area contributed by atoms with Crippen LogP contribution in [0.4, 0.5) is 26.5 Å². The minimum absolute atomic E-state index is 0.0660. The second kappa shape index (κ2) is 12.0. The second-order valence-corrected chi connectivity index (χ2v) is 7.44. The maximum atomic E-state index is 12.8. The third kappa shape index (κ3) is 6.83. The molecule has 0 spiro atoms. The zero-order valence-corrected chi connectivity index (χ0v) is 19.4. The fraction of sp³-hybridized carbons (Fsp3) is 0.115. The Kier molecular flexibility index (Phi) is 8.60. The summed E-state index contributed by atoms with van der Waals surface area (Å²) in [5.74, 6) is -0.835. The number of nitrogens with zero attached hydrogens (tertiary/aromatic N) is 1. The van der Waals surface area contributed by atoms with Gasteiger partial charge in [-0.05, 0) is 48.2 Å². The molecule has 0 aliphatic rings. The molecule has 3 aromatic carbocycles. The first kappa shape index (κ1) is 25.8. The van der Waals surface area contributed by atoms with Crippen molar-refractivity contribution in [2.24, 2.45) is 0 Å². The Morgan fingerprint density at radius 3 is 2.42 bits per heavy atom. The van der Waals surface area contributed by atoms with Crippen LogP contribution in [0.15, 0.2) is 72.8 Å². The molecular formula is C26H25FN4O5. The molecule has 4 rings (SSSR count). The van der Waals surface area contributed by atoms with Crippen molar-refractivity contribution in [2.45, 2.75) is 13.5 Å². The number of carbonyl (C=O) groups is 2. The second-order valence-electron chi connectivity index (χ2n) is 7.44. The summed E-state index contributed by atoms with van der Waals surface area (Å²) < 4.78 is 17.6.